The number of rotatable bonds is 6. The minimum absolute atomic E-state index is 0.0590. The first-order valence-electron chi connectivity index (χ1n) is 10.7. The molecule has 0 spiro atoms. The van der Waals surface area contributed by atoms with Gasteiger partial charge in [-0.3, -0.25) is 9.78 Å². The summed E-state index contributed by atoms with van der Waals surface area (Å²) in [6.45, 7) is 1.82. The molecule has 0 unspecified atom stereocenters. The van der Waals surface area contributed by atoms with Gasteiger partial charge in [0, 0.05) is 5.54 Å². The van der Waals surface area contributed by atoms with Crippen LogP contribution in [0.4, 0.5) is 0 Å². The van der Waals surface area contributed by atoms with Crippen LogP contribution in [0.25, 0.3) is 0 Å². The number of amides is 1. The third kappa shape index (κ3) is 4.06. The number of aromatic amines is 1. The first-order valence-corrected chi connectivity index (χ1v) is 10.7. The Morgan fingerprint density at radius 2 is 1.77 bits per heavy atom. The van der Waals surface area contributed by atoms with Gasteiger partial charge >= 0.3 is 5.69 Å². The molecule has 4 aliphatic carbocycles. The van der Waals surface area contributed by atoms with E-state index in [0.717, 1.165) is 42.6 Å². The molecule has 0 atom stereocenters. The Hall–Kier alpha value is -2.83. The monoisotopic (exact) mass is 409 g/mol. The Balaban J connectivity index is 1.21. The minimum Gasteiger partial charge on any atom is -0.467 e. The van der Waals surface area contributed by atoms with Gasteiger partial charge < -0.3 is 14.8 Å². The van der Waals surface area contributed by atoms with Crippen LogP contribution >= 0.6 is 0 Å². The molecular weight excluding hydrogens is 382 g/mol. The number of benzene rings is 1. The Kier molecular flexibility index (Phi) is 4.76. The summed E-state index contributed by atoms with van der Waals surface area (Å²) < 4.78 is 11.2. The van der Waals surface area contributed by atoms with Crippen LogP contribution in [0, 0.1) is 24.7 Å². The second-order valence-corrected chi connectivity index (χ2v) is 9.34. The quantitative estimate of drug-likeness (QED) is 0.763. The zero-order valence-electron chi connectivity index (χ0n) is 17.1. The van der Waals surface area contributed by atoms with Crippen molar-refractivity contribution in [3.63, 3.8) is 0 Å². The zero-order chi connectivity index (χ0) is 20.7. The van der Waals surface area contributed by atoms with Crippen molar-refractivity contribution in [1.29, 1.82) is 0 Å². The first-order chi connectivity index (χ1) is 14.4. The van der Waals surface area contributed by atoms with E-state index in [4.69, 9.17) is 9.47 Å². The molecule has 1 aromatic heterocycles. The molecule has 0 aliphatic heterocycles. The minimum atomic E-state index is -0.587. The van der Waals surface area contributed by atoms with E-state index >= 15 is 0 Å². The Bertz CT molecular complexity index is 963. The molecule has 4 fully saturated rings. The van der Waals surface area contributed by atoms with Crippen LogP contribution in [0.2, 0.25) is 0 Å². The molecule has 30 heavy (non-hydrogen) atoms. The lowest BCUT2D eigenvalue weighted by molar-refractivity contribution is -0.128. The summed E-state index contributed by atoms with van der Waals surface area (Å²) >= 11 is 0. The van der Waals surface area contributed by atoms with E-state index in [0.29, 0.717) is 5.75 Å². The van der Waals surface area contributed by atoms with Crippen LogP contribution < -0.4 is 20.5 Å². The molecule has 6 rings (SSSR count). The Labute approximate surface area is 175 Å². The largest absolute Gasteiger partial charge is 0.467 e. The van der Waals surface area contributed by atoms with Gasteiger partial charge in [-0.15, -0.1) is 0 Å². The van der Waals surface area contributed by atoms with Gasteiger partial charge in [-0.05, 0) is 75.3 Å². The highest BCUT2D eigenvalue weighted by Gasteiger charge is 2.51. The predicted octanol–water partition coefficient (Wildman–Crippen LogP) is 3.33. The summed E-state index contributed by atoms with van der Waals surface area (Å²) in [5, 5.41) is 3.26. The van der Waals surface area contributed by atoms with Crippen molar-refractivity contribution in [2.24, 2.45) is 17.8 Å². The summed E-state index contributed by atoms with van der Waals surface area (Å²) in [4.78, 5) is 30.8. The molecule has 4 saturated carbocycles. The van der Waals surface area contributed by atoms with Gasteiger partial charge in [0.2, 0.25) is 11.8 Å². The maximum Gasteiger partial charge on any atom is 0.351 e. The highest BCUT2D eigenvalue weighted by molar-refractivity contribution is 5.78. The van der Waals surface area contributed by atoms with Gasteiger partial charge in [0.1, 0.15) is 5.75 Å². The second kappa shape index (κ2) is 7.45. The van der Waals surface area contributed by atoms with Gasteiger partial charge in [-0.2, -0.15) is 4.98 Å². The fourth-order valence-electron chi connectivity index (χ4n) is 6.01. The van der Waals surface area contributed by atoms with Crippen molar-refractivity contribution in [3.8, 4) is 17.5 Å². The number of ether oxygens (including phenoxy) is 2. The molecule has 1 aromatic carbocycles. The third-order valence-electron chi connectivity index (χ3n) is 6.74. The lowest BCUT2D eigenvalue weighted by atomic mass is 9.53. The average molecular weight is 409 g/mol. The number of hydrogen-bond acceptors (Lipinski definition) is 5. The molecule has 2 N–H and O–H groups in total. The van der Waals surface area contributed by atoms with Crippen LogP contribution in [0.3, 0.4) is 0 Å². The number of carbonyl (C=O) groups excluding carboxylic acids is 1. The van der Waals surface area contributed by atoms with Crippen LogP contribution in [0.5, 0.6) is 17.5 Å². The smallest absolute Gasteiger partial charge is 0.351 e. The average Bonchev–Trinajstić information content (AvgIpc) is 2.66. The van der Waals surface area contributed by atoms with E-state index in [-0.39, 0.29) is 29.8 Å². The topological polar surface area (TPSA) is 93.3 Å². The maximum atomic E-state index is 12.6. The van der Waals surface area contributed by atoms with E-state index in [9.17, 15) is 9.59 Å². The third-order valence-corrected chi connectivity index (χ3v) is 6.74. The van der Waals surface area contributed by atoms with Gasteiger partial charge in [0.15, 0.2) is 6.61 Å². The summed E-state index contributed by atoms with van der Waals surface area (Å²) in [6.07, 6.45) is 7.23. The molecule has 0 saturated heterocycles. The van der Waals surface area contributed by atoms with Gasteiger partial charge in [0.25, 0.3) is 5.91 Å². The van der Waals surface area contributed by atoms with Crippen molar-refractivity contribution in [1.82, 2.24) is 15.3 Å². The fourth-order valence-corrected chi connectivity index (χ4v) is 6.01. The number of hydrogen-bond donors (Lipinski definition) is 2. The van der Waals surface area contributed by atoms with Crippen molar-refractivity contribution in [2.75, 3.05) is 6.61 Å². The van der Waals surface area contributed by atoms with Crippen molar-refractivity contribution < 1.29 is 14.3 Å². The number of nitrogens with zero attached hydrogens (tertiary/aromatic N) is 1. The van der Waals surface area contributed by atoms with E-state index in [2.05, 4.69) is 15.3 Å². The second-order valence-electron chi connectivity index (χ2n) is 9.34. The van der Waals surface area contributed by atoms with Crippen molar-refractivity contribution in [3.05, 3.63) is 46.4 Å². The molecule has 2 aromatic rings. The molecule has 4 aliphatic rings. The molecule has 7 nitrogen and oxygen atoms in total. The summed E-state index contributed by atoms with van der Waals surface area (Å²) in [5.41, 5.74) is 0.465. The van der Waals surface area contributed by atoms with Crippen molar-refractivity contribution >= 4 is 5.91 Å². The molecule has 4 bridgehead atoms. The lowest BCUT2D eigenvalue weighted by Gasteiger charge is -2.56. The molecule has 1 amide bonds. The number of carbonyl (C=O) groups is 1. The highest BCUT2D eigenvalue weighted by Crippen LogP contribution is 2.55. The van der Waals surface area contributed by atoms with Crippen molar-refractivity contribution in [2.45, 2.75) is 51.0 Å². The maximum absolute atomic E-state index is 12.6. The van der Waals surface area contributed by atoms with Gasteiger partial charge in [-0.1, -0.05) is 17.7 Å². The highest BCUT2D eigenvalue weighted by atomic mass is 16.5. The van der Waals surface area contributed by atoms with Crippen LogP contribution in [0.1, 0.15) is 44.1 Å². The summed E-state index contributed by atoms with van der Waals surface area (Å²) in [5.74, 6) is 3.00. The van der Waals surface area contributed by atoms with E-state index in [1.54, 1.807) is 0 Å². The first kappa shape index (κ1) is 19.2. The number of nitrogens with one attached hydrogen (secondary N) is 2. The molecule has 1 heterocycles. The van der Waals surface area contributed by atoms with Crippen LogP contribution in [-0.4, -0.2) is 28.0 Å². The molecule has 158 valence electrons. The molecule has 0 radical (unpaired) electrons. The lowest BCUT2D eigenvalue weighted by Crippen LogP contribution is -2.60. The SMILES string of the molecule is Cc1ccc(Oc2cc(OCC(=O)NC34CC5CC(CC(C5)C3)C4)nc(=O)[nH]2)cc1. The van der Waals surface area contributed by atoms with E-state index in [1.807, 2.05) is 31.2 Å². The number of H-pyrrole nitrogens is 1. The number of aromatic nitrogens is 2. The fraction of sp³-hybridized carbons (Fsp3) is 0.522. The van der Waals surface area contributed by atoms with Gasteiger partial charge in [0.05, 0.1) is 6.07 Å². The number of aryl methyl sites for hydroxylation is 1. The summed E-state index contributed by atoms with van der Waals surface area (Å²) in [6, 6.07) is 8.95. The van der Waals surface area contributed by atoms with E-state index < -0.39 is 5.69 Å². The Morgan fingerprint density at radius 3 is 2.40 bits per heavy atom. The van der Waals surface area contributed by atoms with Crippen LogP contribution in [0.15, 0.2) is 35.1 Å². The predicted molar refractivity (Wildman–Crippen MR) is 111 cm³/mol. The Morgan fingerprint density at radius 1 is 1.13 bits per heavy atom. The molecule has 7 heteroatoms. The zero-order valence-corrected chi connectivity index (χ0v) is 17.1. The van der Waals surface area contributed by atoms with Gasteiger partial charge in [-0.25, -0.2) is 4.79 Å². The molecular formula is C23H27N3O4. The standard InChI is InChI=1S/C23H27N3O4/c1-14-2-4-18(5-3-14)30-21-9-20(24-22(28)25-21)29-13-19(27)26-23-10-15-6-16(11-23)8-17(7-15)12-23/h2-5,9,15-17H,6-8,10-13H2,1H3,(H,26,27)(H,24,25,28). The van der Waals surface area contributed by atoms with Crippen LogP contribution in [-0.2, 0) is 4.79 Å². The summed E-state index contributed by atoms with van der Waals surface area (Å²) in [7, 11) is 0. The van der Waals surface area contributed by atoms with E-state index in [1.165, 1.54) is 25.3 Å². The normalized spacial score (nSPS) is 28.9.